The fourth-order valence-electron chi connectivity index (χ4n) is 4.00. The predicted octanol–water partition coefficient (Wildman–Crippen LogP) is 5.33. The van der Waals surface area contributed by atoms with Gasteiger partial charge >= 0.3 is 0 Å². The summed E-state index contributed by atoms with van der Waals surface area (Å²) in [5.74, 6) is 0.983. The van der Waals surface area contributed by atoms with Crippen LogP contribution in [0.25, 0.3) is 10.9 Å². The van der Waals surface area contributed by atoms with E-state index in [1.807, 2.05) is 18.3 Å². The van der Waals surface area contributed by atoms with Crippen LogP contribution in [0.1, 0.15) is 55.4 Å². The first-order valence-electron chi connectivity index (χ1n) is 11.4. The molecule has 1 aliphatic rings. The predicted molar refractivity (Wildman–Crippen MR) is 126 cm³/mol. The van der Waals surface area contributed by atoms with Gasteiger partial charge in [0.15, 0.2) is 0 Å². The number of carbonyl (C=O) groups excluding carboxylic acids is 1. The molecule has 0 radical (unpaired) electrons. The van der Waals surface area contributed by atoms with Crippen molar-refractivity contribution in [3.05, 3.63) is 70.9 Å². The Hall–Kier alpha value is -2.88. The van der Waals surface area contributed by atoms with Gasteiger partial charge in [-0.15, -0.1) is 0 Å². The quantitative estimate of drug-likeness (QED) is 0.513. The monoisotopic (exact) mass is 416 g/mol. The van der Waals surface area contributed by atoms with Gasteiger partial charge in [0.05, 0.1) is 11.1 Å². The Morgan fingerprint density at radius 3 is 2.48 bits per heavy atom. The molecule has 1 N–H and O–H groups in total. The Bertz CT molecular complexity index is 1070. The molecule has 0 spiro atoms. The molecule has 0 saturated heterocycles. The molecule has 4 rings (SSSR count). The average Bonchev–Trinajstić information content (AvgIpc) is 3.55. The maximum atomic E-state index is 12.6. The van der Waals surface area contributed by atoms with E-state index in [0.717, 1.165) is 43.4 Å². The third-order valence-electron chi connectivity index (χ3n) is 6.36. The normalized spacial score (nSPS) is 14.4. The molecule has 31 heavy (non-hydrogen) atoms. The number of fused-ring (bicyclic) bond motifs is 1. The van der Waals surface area contributed by atoms with E-state index < -0.39 is 0 Å². The van der Waals surface area contributed by atoms with Gasteiger partial charge in [-0.1, -0.05) is 38.1 Å². The number of aromatic nitrogens is 1. The second kappa shape index (κ2) is 9.09. The van der Waals surface area contributed by atoms with Gasteiger partial charge in [0.2, 0.25) is 5.91 Å². The van der Waals surface area contributed by atoms with E-state index in [4.69, 9.17) is 4.74 Å². The van der Waals surface area contributed by atoms with E-state index >= 15 is 0 Å². The highest BCUT2D eigenvalue weighted by molar-refractivity contribution is 5.84. The summed E-state index contributed by atoms with van der Waals surface area (Å²) in [6.07, 6.45) is 6.98. The first-order chi connectivity index (χ1) is 15.0. The first kappa shape index (κ1) is 21.4. The fraction of sp³-hybridized carbons (Fsp3) is 0.407. The summed E-state index contributed by atoms with van der Waals surface area (Å²) in [5.41, 5.74) is 5.68. The second-order valence-electron chi connectivity index (χ2n) is 8.75. The summed E-state index contributed by atoms with van der Waals surface area (Å²) in [6, 6.07) is 14.8. The first-order valence-corrected chi connectivity index (χ1v) is 11.4. The summed E-state index contributed by atoms with van der Waals surface area (Å²) in [7, 11) is 0. The van der Waals surface area contributed by atoms with Crippen molar-refractivity contribution in [1.29, 1.82) is 0 Å². The number of nitrogens with one attached hydrogen (secondary N) is 1. The Morgan fingerprint density at radius 1 is 1.06 bits per heavy atom. The number of nitrogens with zero attached hydrogens (tertiary/aromatic N) is 1. The highest BCUT2D eigenvalue weighted by Crippen LogP contribution is 2.37. The number of carbonyl (C=O) groups is 1. The smallest absolute Gasteiger partial charge is 0.220 e. The van der Waals surface area contributed by atoms with Crippen molar-refractivity contribution >= 4 is 16.8 Å². The van der Waals surface area contributed by atoms with Crippen molar-refractivity contribution < 1.29 is 9.53 Å². The maximum absolute atomic E-state index is 12.6. The second-order valence-corrected chi connectivity index (χ2v) is 8.75. The van der Waals surface area contributed by atoms with Crippen molar-refractivity contribution in [3.8, 4) is 5.75 Å². The minimum absolute atomic E-state index is 0.104. The molecule has 0 unspecified atom stereocenters. The van der Waals surface area contributed by atoms with Gasteiger partial charge in [-0.3, -0.25) is 9.78 Å². The van der Waals surface area contributed by atoms with Gasteiger partial charge in [0.25, 0.3) is 0 Å². The number of pyridine rings is 1. The van der Waals surface area contributed by atoms with Crippen LogP contribution in [0.2, 0.25) is 0 Å². The van der Waals surface area contributed by atoms with Crippen LogP contribution >= 0.6 is 0 Å². The molecular weight excluding hydrogens is 384 g/mol. The molecule has 4 nitrogen and oxygen atoms in total. The molecule has 3 aromatic rings. The fourth-order valence-corrected chi connectivity index (χ4v) is 4.00. The summed E-state index contributed by atoms with van der Waals surface area (Å²) in [5, 5.41) is 4.41. The van der Waals surface area contributed by atoms with Crippen molar-refractivity contribution in [2.24, 2.45) is 0 Å². The van der Waals surface area contributed by atoms with Crippen LogP contribution in [0.3, 0.4) is 0 Å². The standard InChI is InChI=1S/C27H32N2O2/c1-4-20-6-8-21(9-7-20)10-11-26(30)29-27(13-14-27)18-31-25-17-24-23(16-22(25)5-2)19(3)12-15-28-24/h6-9,12,15-17H,4-5,10-11,13-14,18H2,1-3H3,(H,29,30). The molecule has 2 aromatic carbocycles. The Labute approximate surface area is 185 Å². The number of ether oxygens (including phenoxy) is 1. The lowest BCUT2D eigenvalue weighted by molar-refractivity contribution is -0.122. The Kier molecular flexibility index (Phi) is 6.26. The molecule has 4 heteroatoms. The highest BCUT2D eigenvalue weighted by atomic mass is 16.5. The molecule has 1 heterocycles. The van der Waals surface area contributed by atoms with E-state index in [9.17, 15) is 4.79 Å². The third-order valence-corrected chi connectivity index (χ3v) is 6.36. The lowest BCUT2D eigenvalue weighted by Gasteiger charge is -2.20. The van der Waals surface area contributed by atoms with Gasteiger partial charge < -0.3 is 10.1 Å². The van der Waals surface area contributed by atoms with Crippen LogP contribution < -0.4 is 10.1 Å². The zero-order valence-electron chi connectivity index (χ0n) is 18.8. The van der Waals surface area contributed by atoms with E-state index in [-0.39, 0.29) is 11.4 Å². The lowest BCUT2D eigenvalue weighted by Crippen LogP contribution is -2.41. The molecule has 162 valence electrons. The van der Waals surface area contributed by atoms with Crippen LogP contribution in [-0.2, 0) is 24.1 Å². The molecular formula is C27H32N2O2. The molecule has 1 aromatic heterocycles. The van der Waals surface area contributed by atoms with Crippen LogP contribution in [0.15, 0.2) is 48.7 Å². The topological polar surface area (TPSA) is 51.2 Å². The zero-order valence-corrected chi connectivity index (χ0v) is 18.8. The van der Waals surface area contributed by atoms with E-state index in [1.165, 1.54) is 27.6 Å². The van der Waals surface area contributed by atoms with Crippen LogP contribution in [0, 0.1) is 6.92 Å². The van der Waals surface area contributed by atoms with Crippen molar-refractivity contribution in [2.75, 3.05) is 6.61 Å². The minimum Gasteiger partial charge on any atom is -0.491 e. The van der Waals surface area contributed by atoms with Gasteiger partial charge in [-0.25, -0.2) is 0 Å². The average molecular weight is 417 g/mol. The highest BCUT2D eigenvalue weighted by Gasteiger charge is 2.45. The number of amides is 1. The molecule has 0 bridgehead atoms. The van der Waals surface area contributed by atoms with Gasteiger partial charge in [0, 0.05) is 24.1 Å². The van der Waals surface area contributed by atoms with Gasteiger partial charge in [0.1, 0.15) is 12.4 Å². The number of hydrogen-bond acceptors (Lipinski definition) is 3. The van der Waals surface area contributed by atoms with Crippen molar-refractivity contribution in [3.63, 3.8) is 0 Å². The summed E-state index contributed by atoms with van der Waals surface area (Å²) < 4.78 is 6.24. The maximum Gasteiger partial charge on any atom is 0.220 e. The Morgan fingerprint density at radius 2 is 1.81 bits per heavy atom. The van der Waals surface area contributed by atoms with Crippen LogP contribution in [0.5, 0.6) is 5.75 Å². The van der Waals surface area contributed by atoms with E-state index in [2.05, 4.69) is 61.4 Å². The van der Waals surface area contributed by atoms with Crippen molar-refractivity contribution in [2.45, 2.75) is 64.8 Å². The third kappa shape index (κ3) is 5.07. The Balaban J connectivity index is 1.35. The zero-order chi connectivity index (χ0) is 21.8. The van der Waals surface area contributed by atoms with E-state index in [1.54, 1.807) is 0 Å². The number of hydrogen-bond donors (Lipinski definition) is 1. The molecule has 1 saturated carbocycles. The summed E-state index contributed by atoms with van der Waals surface area (Å²) >= 11 is 0. The largest absolute Gasteiger partial charge is 0.491 e. The molecule has 1 aliphatic carbocycles. The summed E-state index contributed by atoms with van der Waals surface area (Å²) in [4.78, 5) is 17.1. The molecule has 0 aliphatic heterocycles. The number of aryl methyl sites for hydroxylation is 4. The van der Waals surface area contributed by atoms with Gasteiger partial charge in [-0.2, -0.15) is 0 Å². The molecule has 1 amide bonds. The lowest BCUT2D eigenvalue weighted by atomic mass is 10.0. The minimum atomic E-state index is -0.219. The molecule has 1 fully saturated rings. The van der Waals surface area contributed by atoms with Crippen LogP contribution in [0.4, 0.5) is 0 Å². The van der Waals surface area contributed by atoms with E-state index in [0.29, 0.717) is 13.0 Å². The van der Waals surface area contributed by atoms with Crippen LogP contribution in [-0.4, -0.2) is 23.0 Å². The summed E-state index contributed by atoms with van der Waals surface area (Å²) in [6.45, 7) is 6.91. The number of benzene rings is 2. The molecule has 0 atom stereocenters. The van der Waals surface area contributed by atoms with Gasteiger partial charge in [-0.05, 0) is 73.4 Å². The number of rotatable bonds is 9. The van der Waals surface area contributed by atoms with Crippen molar-refractivity contribution in [1.82, 2.24) is 10.3 Å². The SMILES string of the molecule is CCc1ccc(CCC(=O)NC2(COc3cc4nccc(C)c4cc3CC)CC2)cc1.